The van der Waals surface area contributed by atoms with E-state index in [1.165, 1.54) is 6.07 Å². The van der Waals surface area contributed by atoms with E-state index < -0.39 is 22.0 Å². The molecule has 2 aromatic rings. The summed E-state index contributed by atoms with van der Waals surface area (Å²) in [6.07, 6.45) is 0.106. The van der Waals surface area contributed by atoms with Crippen LogP contribution < -0.4 is 19.1 Å². The molecule has 0 aliphatic carbocycles. The van der Waals surface area contributed by atoms with Crippen molar-refractivity contribution in [3.8, 4) is 11.5 Å². The summed E-state index contributed by atoms with van der Waals surface area (Å²) in [5, 5.41) is 3.11. The number of rotatable bonds is 6. The summed E-state index contributed by atoms with van der Waals surface area (Å²) in [5.74, 6) is 0.612. The lowest BCUT2D eigenvalue weighted by atomic mass is 10.1. The van der Waals surface area contributed by atoms with E-state index in [1.807, 2.05) is 32.0 Å². The normalized spacial score (nSPS) is 16.0. The van der Waals surface area contributed by atoms with Gasteiger partial charge >= 0.3 is 0 Å². The number of hydrogen-bond acceptors (Lipinski definition) is 5. The van der Waals surface area contributed by atoms with Crippen LogP contribution in [0.4, 0.5) is 5.69 Å². The topological polar surface area (TPSA) is 84.9 Å². The summed E-state index contributed by atoms with van der Waals surface area (Å²) in [5.41, 5.74) is 2.51. The Labute approximate surface area is 175 Å². The van der Waals surface area contributed by atoms with Crippen LogP contribution in [0, 0.1) is 13.8 Å². The van der Waals surface area contributed by atoms with Crippen molar-refractivity contribution in [3.63, 3.8) is 0 Å². The smallest absolute Gasteiger partial charge is 0.263 e. The molecule has 0 saturated carbocycles. The number of anilines is 1. The monoisotopic (exact) mass is 438 g/mol. The van der Waals surface area contributed by atoms with E-state index in [0.29, 0.717) is 10.7 Å². The molecule has 0 saturated heterocycles. The fourth-order valence-corrected chi connectivity index (χ4v) is 4.22. The van der Waals surface area contributed by atoms with Gasteiger partial charge in [-0.15, -0.1) is 0 Å². The first-order valence-corrected chi connectivity index (χ1v) is 11.3. The molecule has 9 heteroatoms. The number of sulfonamides is 1. The predicted molar refractivity (Wildman–Crippen MR) is 112 cm³/mol. The molecule has 1 aliphatic heterocycles. The molecule has 0 spiro atoms. The van der Waals surface area contributed by atoms with E-state index in [4.69, 9.17) is 21.1 Å². The van der Waals surface area contributed by atoms with E-state index in [2.05, 4.69) is 5.32 Å². The minimum absolute atomic E-state index is 0.129. The van der Waals surface area contributed by atoms with Gasteiger partial charge in [0.2, 0.25) is 10.0 Å². The number of halogens is 1. The first-order chi connectivity index (χ1) is 13.6. The Hall–Kier alpha value is -2.45. The summed E-state index contributed by atoms with van der Waals surface area (Å²) in [7, 11) is -3.60. The number of benzene rings is 2. The molecule has 0 aromatic heterocycles. The average molecular weight is 439 g/mol. The SMILES string of the molecule is Cc1cc(C)cc(OCCNC(=O)C2CN(S(C)(=O)=O)c3cc(Cl)ccc3O2)c1. The van der Waals surface area contributed by atoms with Gasteiger partial charge in [0, 0.05) is 5.02 Å². The zero-order chi connectivity index (χ0) is 21.2. The molecule has 1 N–H and O–H groups in total. The second-order valence-electron chi connectivity index (χ2n) is 6.98. The number of amides is 1. The third-order valence-electron chi connectivity index (χ3n) is 4.35. The van der Waals surface area contributed by atoms with Crippen LogP contribution in [0.1, 0.15) is 11.1 Å². The lowest BCUT2D eigenvalue weighted by Crippen LogP contribution is -2.51. The minimum atomic E-state index is -3.60. The molecule has 0 radical (unpaired) electrons. The number of carbonyl (C=O) groups is 1. The van der Waals surface area contributed by atoms with Gasteiger partial charge in [0.05, 0.1) is 25.0 Å². The summed E-state index contributed by atoms with van der Waals surface area (Å²) < 4.78 is 36.9. The van der Waals surface area contributed by atoms with Gasteiger partial charge in [0.25, 0.3) is 5.91 Å². The molecule has 1 unspecified atom stereocenters. The van der Waals surface area contributed by atoms with Gasteiger partial charge in [0.15, 0.2) is 6.10 Å². The van der Waals surface area contributed by atoms with Crippen molar-refractivity contribution in [1.82, 2.24) is 5.32 Å². The van der Waals surface area contributed by atoms with Crippen LogP contribution in [0.5, 0.6) is 11.5 Å². The predicted octanol–water partition coefficient (Wildman–Crippen LogP) is 2.68. The third kappa shape index (κ3) is 5.33. The highest BCUT2D eigenvalue weighted by Crippen LogP contribution is 2.37. The van der Waals surface area contributed by atoms with Crippen molar-refractivity contribution in [2.24, 2.45) is 0 Å². The van der Waals surface area contributed by atoms with Crippen LogP contribution in [-0.2, 0) is 14.8 Å². The van der Waals surface area contributed by atoms with Crippen LogP contribution in [0.25, 0.3) is 0 Å². The number of ether oxygens (including phenoxy) is 2. The number of nitrogens with one attached hydrogen (secondary N) is 1. The summed E-state index contributed by atoms with van der Waals surface area (Å²) in [4.78, 5) is 12.5. The molecule has 156 valence electrons. The van der Waals surface area contributed by atoms with Crippen LogP contribution in [0.2, 0.25) is 5.02 Å². The molecule has 1 heterocycles. The number of hydrogen-bond donors (Lipinski definition) is 1. The highest BCUT2D eigenvalue weighted by molar-refractivity contribution is 7.92. The van der Waals surface area contributed by atoms with Gasteiger partial charge in [-0.05, 0) is 55.3 Å². The van der Waals surface area contributed by atoms with E-state index in [-0.39, 0.29) is 25.4 Å². The van der Waals surface area contributed by atoms with Crippen molar-refractivity contribution in [3.05, 3.63) is 52.5 Å². The van der Waals surface area contributed by atoms with E-state index in [1.54, 1.807) is 12.1 Å². The van der Waals surface area contributed by atoms with Crippen LogP contribution in [0.15, 0.2) is 36.4 Å². The first-order valence-electron chi connectivity index (χ1n) is 9.06. The Bertz CT molecular complexity index is 1010. The van der Waals surface area contributed by atoms with Crippen molar-refractivity contribution >= 4 is 33.2 Å². The highest BCUT2D eigenvalue weighted by Gasteiger charge is 2.35. The molecule has 3 rings (SSSR count). The summed E-state index contributed by atoms with van der Waals surface area (Å²) >= 11 is 5.98. The average Bonchev–Trinajstić information content (AvgIpc) is 2.62. The molecular formula is C20H23ClN2O5S. The second kappa shape index (κ2) is 8.51. The zero-order valence-electron chi connectivity index (χ0n) is 16.4. The van der Waals surface area contributed by atoms with Gasteiger partial charge < -0.3 is 14.8 Å². The molecule has 1 aliphatic rings. The van der Waals surface area contributed by atoms with Crippen LogP contribution >= 0.6 is 11.6 Å². The maximum Gasteiger partial charge on any atom is 0.263 e. The fourth-order valence-electron chi connectivity index (χ4n) is 3.15. The van der Waals surface area contributed by atoms with Gasteiger partial charge in [-0.1, -0.05) is 17.7 Å². The number of nitrogens with zero attached hydrogens (tertiary/aromatic N) is 1. The standard InChI is InChI=1S/C20H23ClN2O5S/c1-13-8-14(2)10-16(9-13)27-7-6-22-20(24)19-12-23(29(3,25)26)17-11-15(21)4-5-18(17)28-19/h4-5,8-11,19H,6-7,12H2,1-3H3,(H,22,24). The number of fused-ring (bicyclic) bond motifs is 1. The first kappa shape index (κ1) is 21.3. The van der Waals surface area contributed by atoms with Crippen molar-refractivity contribution in [2.45, 2.75) is 20.0 Å². The maximum atomic E-state index is 12.5. The van der Waals surface area contributed by atoms with Crippen molar-refractivity contribution in [1.29, 1.82) is 0 Å². The minimum Gasteiger partial charge on any atom is -0.492 e. The molecule has 29 heavy (non-hydrogen) atoms. The van der Waals surface area contributed by atoms with Gasteiger partial charge in [0.1, 0.15) is 18.1 Å². The van der Waals surface area contributed by atoms with E-state index in [0.717, 1.165) is 27.4 Å². The Morgan fingerprint density at radius 1 is 1.24 bits per heavy atom. The molecule has 0 bridgehead atoms. The molecule has 2 aromatic carbocycles. The summed E-state index contributed by atoms with van der Waals surface area (Å²) in [6, 6.07) is 10.5. The van der Waals surface area contributed by atoms with Crippen molar-refractivity contribution < 1.29 is 22.7 Å². The molecule has 7 nitrogen and oxygen atoms in total. The zero-order valence-corrected chi connectivity index (χ0v) is 18.0. The summed E-state index contributed by atoms with van der Waals surface area (Å²) in [6.45, 7) is 4.39. The lowest BCUT2D eigenvalue weighted by Gasteiger charge is -2.34. The number of carbonyl (C=O) groups excluding carboxylic acids is 1. The highest BCUT2D eigenvalue weighted by atomic mass is 35.5. The lowest BCUT2D eigenvalue weighted by molar-refractivity contribution is -0.127. The largest absolute Gasteiger partial charge is 0.492 e. The maximum absolute atomic E-state index is 12.5. The van der Waals surface area contributed by atoms with Gasteiger partial charge in [-0.2, -0.15) is 0 Å². The Kier molecular flexibility index (Phi) is 6.24. The fraction of sp³-hybridized carbons (Fsp3) is 0.350. The Morgan fingerprint density at radius 2 is 1.93 bits per heavy atom. The quantitative estimate of drug-likeness (QED) is 0.701. The molecule has 0 fully saturated rings. The molecule has 1 atom stereocenters. The van der Waals surface area contributed by atoms with Crippen molar-refractivity contribution in [2.75, 3.05) is 30.3 Å². The third-order valence-corrected chi connectivity index (χ3v) is 5.73. The van der Waals surface area contributed by atoms with E-state index in [9.17, 15) is 13.2 Å². The van der Waals surface area contributed by atoms with Crippen LogP contribution in [-0.4, -0.2) is 46.4 Å². The molecular weight excluding hydrogens is 416 g/mol. The Morgan fingerprint density at radius 3 is 2.59 bits per heavy atom. The van der Waals surface area contributed by atoms with Gasteiger partial charge in [-0.3, -0.25) is 9.10 Å². The number of aryl methyl sites for hydroxylation is 2. The van der Waals surface area contributed by atoms with Crippen LogP contribution in [0.3, 0.4) is 0 Å². The Balaban J connectivity index is 1.61. The van der Waals surface area contributed by atoms with Gasteiger partial charge in [-0.25, -0.2) is 8.42 Å². The van der Waals surface area contributed by atoms with E-state index >= 15 is 0 Å². The molecule has 1 amide bonds. The second-order valence-corrected chi connectivity index (χ2v) is 9.32.